The number of benzene rings is 1. The molecule has 2 N–H and O–H groups in total. The van der Waals surface area contributed by atoms with Gasteiger partial charge in [0.05, 0.1) is 0 Å². The average molecular weight is 375 g/mol. The van der Waals surface area contributed by atoms with Gasteiger partial charge in [-0.05, 0) is 25.3 Å². The standard InChI is InChI=1S/C15H25N3.HI/c1-3-5-12-17-15(16-4-2)18-13-11-14-9-7-6-8-10-14;/h6-10H,3-5,11-13H2,1-2H3,(H2,16,17,18);1H. The number of hydrogen-bond donors (Lipinski definition) is 2. The molecule has 0 unspecified atom stereocenters. The van der Waals surface area contributed by atoms with Gasteiger partial charge in [0.15, 0.2) is 5.96 Å². The van der Waals surface area contributed by atoms with Gasteiger partial charge in [0.2, 0.25) is 0 Å². The van der Waals surface area contributed by atoms with Crippen molar-refractivity contribution in [2.75, 3.05) is 19.6 Å². The molecule has 1 aromatic rings. The molecule has 0 aromatic heterocycles. The second kappa shape index (κ2) is 12.3. The lowest BCUT2D eigenvalue weighted by atomic mass is 10.1. The van der Waals surface area contributed by atoms with Gasteiger partial charge in [-0.15, -0.1) is 24.0 Å². The summed E-state index contributed by atoms with van der Waals surface area (Å²) in [7, 11) is 0. The summed E-state index contributed by atoms with van der Waals surface area (Å²) in [5.74, 6) is 0.932. The molecule has 0 spiro atoms. The molecule has 0 amide bonds. The van der Waals surface area contributed by atoms with Crippen LogP contribution >= 0.6 is 24.0 Å². The van der Waals surface area contributed by atoms with Crippen molar-refractivity contribution in [3.63, 3.8) is 0 Å². The van der Waals surface area contributed by atoms with Gasteiger partial charge in [-0.2, -0.15) is 0 Å². The van der Waals surface area contributed by atoms with Crippen LogP contribution in [0.3, 0.4) is 0 Å². The normalized spacial score (nSPS) is 10.7. The van der Waals surface area contributed by atoms with Gasteiger partial charge in [0.1, 0.15) is 0 Å². The maximum Gasteiger partial charge on any atom is 0.191 e. The minimum absolute atomic E-state index is 0. The van der Waals surface area contributed by atoms with Crippen LogP contribution in [-0.2, 0) is 6.42 Å². The van der Waals surface area contributed by atoms with Gasteiger partial charge in [0.25, 0.3) is 0 Å². The molecule has 19 heavy (non-hydrogen) atoms. The SMILES string of the molecule is CCCCN=C(NCC)NCCc1ccccc1.I. The average Bonchev–Trinajstić information content (AvgIpc) is 2.40. The summed E-state index contributed by atoms with van der Waals surface area (Å²) in [6.45, 7) is 7.00. The molecule has 0 saturated heterocycles. The number of unbranched alkanes of at least 4 members (excludes halogenated alkanes) is 1. The maximum atomic E-state index is 4.53. The highest BCUT2D eigenvalue weighted by Crippen LogP contribution is 1.98. The van der Waals surface area contributed by atoms with E-state index in [4.69, 9.17) is 0 Å². The molecular formula is C15H26IN3. The Morgan fingerprint density at radius 2 is 1.84 bits per heavy atom. The second-order valence-electron chi connectivity index (χ2n) is 4.28. The zero-order valence-corrected chi connectivity index (χ0v) is 14.3. The van der Waals surface area contributed by atoms with Crippen LogP contribution in [0, 0.1) is 0 Å². The third-order valence-corrected chi connectivity index (χ3v) is 2.67. The zero-order valence-electron chi connectivity index (χ0n) is 12.0. The predicted octanol–water partition coefficient (Wildman–Crippen LogP) is 3.20. The Kier molecular flexibility index (Phi) is 11.8. The molecule has 0 atom stereocenters. The molecule has 0 aliphatic carbocycles. The molecule has 0 aliphatic rings. The molecule has 0 radical (unpaired) electrons. The van der Waals surface area contributed by atoms with Crippen LogP contribution < -0.4 is 10.6 Å². The van der Waals surface area contributed by atoms with E-state index in [-0.39, 0.29) is 24.0 Å². The molecule has 1 aromatic carbocycles. The summed E-state index contributed by atoms with van der Waals surface area (Å²) >= 11 is 0. The molecule has 3 nitrogen and oxygen atoms in total. The molecule has 0 bridgehead atoms. The highest BCUT2D eigenvalue weighted by atomic mass is 127. The van der Waals surface area contributed by atoms with Crippen molar-refractivity contribution >= 4 is 29.9 Å². The van der Waals surface area contributed by atoms with Crippen LogP contribution in [0.2, 0.25) is 0 Å². The van der Waals surface area contributed by atoms with E-state index in [1.54, 1.807) is 0 Å². The van der Waals surface area contributed by atoms with Crippen LogP contribution in [0.1, 0.15) is 32.3 Å². The summed E-state index contributed by atoms with van der Waals surface area (Å²) in [6, 6.07) is 10.5. The fraction of sp³-hybridized carbons (Fsp3) is 0.533. The van der Waals surface area contributed by atoms with Crippen LogP contribution in [0.5, 0.6) is 0 Å². The Labute approximate surface area is 134 Å². The molecule has 1 rings (SSSR count). The third-order valence-electron chi connectivity index (χ3n) is 2.67. The topological polar surface area (TPSA) is 36.4 Å². The number of nitrogens with one attached hydrogen (secondary N) is 2. The Morgan fingerprint density at radius 3 is 2.47 bits per heavy atom. The van der Waals surface area contributed by atoms with Crippen LogP contribution in [0.4, 0.5) is 0 Å². The minimum atomic E-state index is 0. The van der Waals surface area contributed by atoms with Crippen molar-refractivity contribution in [3.8, 4) is 0 Å². The van der Waals surface area contributed by atoms with Crippen LogP contribution in [-0.4, -0.2) is 25.6 Å². The summed E-state index contributed by atoms with van der Waals surface area (Å²) in [4.78, 5) is 4.53. The monoisotopic (exact) mass is 375 g/mol. The number of rotatable bonds is 7. The van der Waals surface area contributed by atoms with Crippen molar-refractivity contribution in [3.05, 3.63) is 35.9 Å². The molecule has 108 valence electrons. The van der Waals surface area contributed by atoms with Crippen molar-refractivity contribution in [2.24, 2.45) is 4.99 Å². The van der Waals surface area contributed by atoms with Crippen molar-refractivity contribution < 1.29 is 0 Å². The fourth-order valence-corrected chi connectivity index (χ4v) is 1.66. The molecule has 0 aliphatic heterocycles. The largest absolute Gasteiger partial charge is 0.357 e. The van der Waals surface area contributed by atoms with E-state index in [0.29, 0.717) is 0 Å². The lowest BCUT2D eigenvalue weighted by Gasteiger charge is -2.11. The second-order valence-corrected chi connectivity index (χ2v) is 4.28. The molecular weight excluding hydrogens is 349 g/mol. The van der Waals surface area contributed by atoms with E-state index in [1.165, 1.54) is 12.0 Å². The number of hydrogen-bond acceptors (Lipinski definition) is 1. The van der Waals surface area contributed by atoms with Crippen molar-refractivity contribution in [2.45, 2.75) is 33.1 Å². The van der Waals surface area contributed by atoms with Crippen molar-refractivity contribution in [1.82, 2.24) is 10.6 Å². The summed E-state index contributed by atoms with van der Waals surface area (Å²) in [6.07, 6.45) is 3.36. The van der Waals surface area contributed by atoms with Crippen LogP contribution in [0.25, 0.3) is 0 Å². The Bertz CT molecular complexity index is 339. The van der Waals surface area contributed by atoms with Gasteiger partial charge in [-0.1, -0.05) is 43.7 Å². The number of halogens is 1. The lowest BCUT2D eigenvalue weighted by Crippen LogP contribution is -2.38. The highest BCUT2D eigenvalue weighted by molar-refractivity contribution is 14.0. The zero-order chi connectivity index (χ0) is 13.1. The smallest absolute Gasteiger partial charge is 0.191 e. The van der Waals surface area contributed by atoms with E-state index in [9.17, 15) is 0 Å². The Morgan fingerprint density at radius 1 is 1.11 bits per heavy atom. The molecule has 4 heteroatoms. The van der Waals surface area contributed by atoms with E-state index in [1.807, 2.05) is 6.07 Å². The summed E-state index contributed by atoms with van der Waals surface area (Å²) in [5, 5.41) is 6.63. The first kappa shape index (κ1) is 18.2. The Hall–Kier alpha value is -0.780. The molecule has 0 heterocycles. The number of aliphatic imine (C=N–C) groups is 1. The molecule has 0 saturated carbocycles. The summed E-state index contributed by atoms with van der Waals surface area (Å²) < 4.78 is 0. The van der Waals surface area contributed by atoms with Gasteiger partial charge in [-0.3, -0.25) is 4.99 Å². The number of nitrogens with zero attached hydrogens (tertiary/aromatic N) is 1. The first-order valence-corrected chi connectivity index (χ1v) is 6.93. The third kappa shape index (κ3) is 8.86. The van der Waals surface area contributed by atoms with Gasteiger partial charge in [0, 0.05) is 19.6 Å². The van der Waals surface area contributed by atoms with Gasteiger partial charge in [-0.25, -0.2) is 0 Å². The minimum Gasteiger partial charge on any atom is -0.357 e. The van der Waals surface area contributed by atoms with E-state index in [2.05, 4.69) is 53.7 Å². The first-order chi connectivity index (χ1) is 8.86. The van der Waals surface area contributed by atoms with Crippen LogP contribution in [0.15, 0.2) is 35.3 Å². The summed E-state index contributed by atoms with van der Waals surface area (Å²) in [5.41, 5.74) is 1.36. The van der Waals surface area contributed by atoms with E-state index >= 15 is 0 Å². The van der Waals surface area contributed by atoms with Gasteiger partial charge >= 0.3 is 0 Å². The van der Waals surface area contributed by atoms with E-state index < -0.39 is 0 Å². The first-order valence-electron chi connectivity index (χ1n) is 6.93. The fourth-order valence-electron chi connectivity index (χ4n) is 1.66. The maximum absolute atomic E-state index is 4.53. The predicted molar refractivity (Wildman–Crippen MR) is 94.5 cm³/mol. The Balaban J connectivity index is 0.00000324. The lowest BCUT2D eigenvalue weighted by molar-refractivity contribution is 0.767. The van der Waals surface area contributed by atoms with E-state index in [0.717, 1.165) is 38.4 Å². The number of guanidine groups is 1. The van der Waals surface area contributed by atoms with Gasteiger partial charge < -0.3 is 10.6 Å². The van der Waals surface area contributed by atoms with Crippen molar-refractivity contribution in [1.29, 1.82) is 0 Å². The highest BCUT2D eigenvalue weighted by Gasteiger charge is 1.96. The molecule has 0 fully saturated rings. The quantitative estimate of drug-likeness (QED) is 0.332.